The van der Waals surface area contributed by atoms with Crippen LogP contribution in [0.3, 0.4) is 0 Å². The average molecular weight is 366 g/mol. The first-order valence-corrected chi connectivity index (χ1v) is 10.5. The summed E-state index contributed by atoms with van der Waals surface area (Å²) < 4.78 is 0. The number of aromatic amines is 1. The van der Waals surface area contributed by atoms with Crippen LogP contribution in [0.25, 0.3) is 16.5 Å². The third-order valence-electron chi connectivity index (χ3n) is 6.30. The predicted octanol–water partition coefficient (Wildman–Crippen LogP) is 4.12. The number of H-pyrrole nitrogens is 1. The molecule has 0 saturated heterocycles. The van der Waals surface area contributed by atoms with Gasteiger partial charge in [0.05, 0.1) is 5.92 Å². The zero-order valence-electron chi connectivity index (χ0n) is 16.7. The van der Waals surface area contributed by atoms with Crippen molar-refractivity contribution < 1.29 is 4.79 Å². The molecule has 0 bridgehead atoms. The molecule has 2 atom stereocenters. The second kappa shape index (κ2) is 7.51. The lowest BCUT2D eigenvalue weighted by atomic mass is 9.79. The van der Waals surface area contributed by atoms with E-state index in [9.17, 15) is 4.79 Å². The molecule has 1 aliphatic carbocycles. The van der Waals surface area contributed by atoms with Crippen LogP contribution in [0.1, 0.15) is 51.2 Å². The van der Waals surface area contributed by atoms with Gasteiger partial charge in [-0.05, 0) is 55.0 Å². The van der Waals surface area contributed by atoms with Gasteiger partial charge in [-0.3, -0.25) is 9.69 Å². The SMILES string of the molecule is CCCN1CC(C(=O)NC(CC)CC)C=C2c3cccc4[nH]cc(c34)CC21. The molecule has 1 aliphatic heterocycles. The lowest BCUT2D eigenvalue weighted by Gasteiger charge is -2.41. The highest BCUT2D eigenvalue weighted by Gasteiger charge is 2.37. The normalized spacial score (nSPS) is 22.0. The summed E-state index contributed by atoms with van der Waals surface area (Å²) in [6.07, 6.45) is 8.54. The average Bonchev–Trinajstić information content (AvgIpc) is 3.11. The number of hydrogen-bond donors (Lipinski definition) is 2. The monoisotopic (exact) mass is 365 g/mol. The molecule has 1 aromatic heterocycles. The van der Waals surface area contributed by atoms with Crippen molar-refractivity contribution in [3.05, 3.63) is 41.6 Å². The lowest BCUT2D eigenvalue weighted by Crippen LogP contribution is -2.49. The topological polar surface area (TPSA) is 48.1 Å². The van der Waals surface area contributed by atoms with Gasteiger partial charge in [-0.2, -0.15) is 0 Å². The van der Waals surface area contributed by atoms with E-state index < -0.39 is 0 Å². The molecule has 2 aliphatic rings. The number of amides is 1. The van der Waals surface area contributed by atoms with Crippen molar-refractivity contribution in [3.63, 3.8) is 0 Å². The van der Waals surface area contributed by atoms with Crippen molar-refractivity contribution in [2.24, 2.45) is 5.92 Å². The molecule has 2 heterocycles. The molecule has 1 aromatic carbocycles. The van der Waals surface area contributed by atoms with E-state index in [2.05, 4.69) is 66.4 Å². The number of carbonyl (C=O) groups is 1. The van der Waals surface area contributed by atoms with Crippen molar-refractivity contribution in [2.75, 3.05) is 13.1 Å². The molecule has 4 rings (SSSR count). The first kappa shape index (κ1) is 18.3. The van der Waals surface area contributed by atoms with Crippen LogP contribution in [0.5, 0.6) is 0 Å². The van der Waals surface area contributed by atoms with Crippen LogP contribution in [-0.2, 0) is 11.2 Å². The highest BCUT2D eigenvalue weighted by atomic mass is 16.2. The Kier molecular flexibility index (Phi) is 5.09. The van der Waals surface area contributed by atoms with Crippen molar-refractivity contribution in [1.82, 2.24) is 15.2 Å². The highest BCUT2D eigenvalue weighted by molar-refractivity contribution is 5.99. The van der Waals surface area contributed by atoms with Crippen LogP contribution < -0.4 is 5.32 Å². The predicted molar refractivity (Wildman–Crippen MR) is 112 cm³/mol. The standard InChI is InChI=1S/C23H31N3O/c1-4-10-26-14-16(23(27)25-17(5-2)6-3)11-19-18-8-7-9-20-22(18)15(13-24-20)12-21(19)26/h7-9,11,13,16-17,21,24H,4-6,10,12,14H2,1-3H3,(H,25,27). The maximum atomic E-state index is 13.0. The first-order valence-electron chi connectivity index (χ1n) is 10.5. The van der Waals surface area contributed by atoms with Crippen molar-refractivity contribution in [3.8, 4) is 0 Å². The Morgan fingerprint density at radius 2 is 2.11 bits per heavy atom. The van der Waals surface area contributed by atoms with Crippen LogP contribution in [-0.4, -0.2) is 41.0 Å². The molecular formula is C23H31N3O. The van der Waals surface area contributed by atoms with Gasteiger partial charge < -0.3 is 10.3 Å². The number of aromatic nitrogens is 1. The summed E-state index contributed by atoms with van der Waals surface area (Å²) >= 11 is 0. The summed E-state index contributed by atoms with van der Waals surface area (Å²) in [7, 11) is 0. The maximum Gasteiger partial charge on any atom is 0.228 e. The van der Waals surface area contributed by atoms with Gasteiger partial charge in [-0.1, -0.05) is 39.0 Å². The van der Waals surface area contributed by atoms with E-state index in [1.807, 2.05) is 0 Å². The minimum atomic E-state index is -0.0702. The van der Waals surface area contributed by atoms with Gasteiger partial charge in [0.2, 0.25) is 5.91 Å². The molecule has 0 radical (unpaired) electrons. The Morgan fingerprint density at radius 1 is 1.30 bits per heavy atom. The van der Waals surface area contributed by atoms with E-state index in [1.165, 1.54) is 27.6 Å². The highest BCUT2D eigenvalue weighted by Crippen LogP contribution is 2.41. The number of benzene rings is 1. The number of hydrogen-bond acceptors (Lipinski definition) is 2. The quantitative estimate of drug-likeness (QED) is 0.809. The number of fused-ring (bicyclic) bond motifs is 2. The van der Waals surface area contributed by atoms with Gasteiger partial charge >= 0.3 is 0 Å². The largest absolute Gasteiger partial charge is 0.361 e. The van der Waals surface area contributed by atoms with Crippen LogP contribution in [0, 0.1) is 5.92 Å². The zero-order chi connectivity index (χ0) is 19.0. The van der Waals surface area contributed by atoms with Gasteiger partial charge in [0.1, 0.15) is 0 Å². The van der Waals surface area contributed by atoms with Crippen LogP contribution in [0.2, 0.25) is 0 Å². The van der Waals surface area contributed by atoms with Crippen LogP contribution >= 0.6 is 0 Å². The fourth-order valence-electron chi connectivity index (χ4n) is 4.82. The van der Waals surface area contributed by atoms with E-state index >= 15 is 0 Å². The smallest absolute Gasteiger partial charge is 0.228 e. The lowest BCUT2D eigenvalue weighted by molar-refractivity contribution is -0.125. The summed E-state index contributed by atoms with van der Waals surface area (Å²) in [5.41, 5.74) is 5.26. The minimum Gasteiger partial charge on any atom is -0.361 e. The molecule has 2 N–H and O–H groups in total. The third kappa shape index (κ3) is 3.20. The number of rotatable bonds is 6. The van der Waals surface area contributed by atoms with Crippen molar-refractivity contribution in [2.45, 2.75) is 58.5 Å². The van der Waals surface area contributed by atoms with E-state index in [0.717, 1.165) is 38.8 Å². The van der Waals surface area contributed by atoms with Gasteiger partial charge in [-0.15, -0.1) is 0 Å². The summed E-state index contributed by atoms with van der Waals surface area (Å²) in [5.74, 6) is 0.113. The molecular weight excluding hydrogens is 334 g/mol. The summed E-state index contributed by atoms with van der Waals surface area (Å²) in [6, 6.07) is 7.16. The summed E-state index contributed by atoms with van der Waals surface area (Å²) in [5, 5.41) is 4.61. The van der Waals surface area contributed by atoms with Crippen molar-refractivity contribution >= 4 is 22.4 Å². The maximum absolute atomic E-state index is 13.0. The molecule has 4 heteroatoms. The Balaban J connectivity index is 1.72. The molecule has 0 spiro atoms. The van der Waals surface area contributed by atoms with Gasteiger partial charge in [0.25, 0.3) is 0 Å². The van der Waals surface area contributed by atoms with E-state index in [1.54, 1.807) is 0 Å². The molecule has 4 nitrogen and oxygen atoms in total. The number of nitrogens with one attached hydrogen (secondary N) is 2. The molecule has 2 aromatic rings. The Bertz CT molecular complexity index is 862. The number of carbonyl (C=O) groups excluding carboxylic acids is 1. The van der Waals surface area contributed by atoms with E-state index in [-0.39, 0.29) is 17.9 Å². The first-order chi connectivity index (χ1) is 13.2. The molecule has 1 amide bonds. The van der Waals surface area contributed by atoms with E-state index in [0.29, 0.717) is 6.04 Å². The second-order valence-corrected chi connectivity index (χ2v) is 8.01. The molecule has 0 saturated carbocycles. The molecule has 144 valence electrons. The fraction of sp³-hybridized carbons (Fsp3) is 0.522. The molecule has 27 heavy (non-hydrogen) atoms. The van der Waals surface area contributed by atoms with Gasteiger partial charge in [0.15, 0.2) is 0 Å². The van der Waals surface area contributed by atoms with Crippen molar-refractivity contribution in [1.29, 1.82) is 0 Å². The van der Waals surface area contributed by atoms with E-state index in [4.69, 9.17) is 0 Å². The third-order valence-corrected chi connectivity index (χ3v) is 6.30. The summed E-state index contributed by atoms with van der Waals surface area (Å²) in [6.45, 7) is 8.36. The van der Waals surface area contributed by atoms with Gasteiger partial charge in [0, 0.05) is 35.7 Å². The number of nitrogens with zero attached hydrogens (tertiary/aromatic N) is 1. The summed E-state index contributed by atoms with van der Waals surface area (Å²) in [4.78, 5) is 19.0. The van der Waals surface area contributed by atoms with Crippen LogP contribution in [0.4, 0.5) is 0 Å². The molecule has 2 unspecified atom stereocenters. The van der Waals surface area contributed by atoms with Gasteiger partial charge in [-0.25, -0.2) is 0 Å². The van der Waals surface area contributed by atoms with Crippen LogP contribution in [0.15, 0.2) is 30.5 Å². The Hall–Kier alpha value is -2.07. The Labute approximate surface area is 162 Å². The second-order valence-electron chi connectivity index (χ2n) is 8.01. The fourth-order valence-corrected chi connectivity index (χ4v) is 4.82. The minimum absolute atomic E-state index is 0.0702. The Morgan fingerprint density at radius 3 is 2.85 bits per heavy atom. The molecule has 0 fully saturated rings. The zero-order valence-corrected chi connectivity index (χ0v) is 16.7.